The van der Waals surface area contributed by atoms with Gasteiger partial charge in [0.05, 0.1) is 0 Å². The molecule has 1 aromatic heterocycles. The number of nitrogens with zero attached hydrogens (tertiary/aromatic N) is 3. The molecule has 0 aromatic carbocycles. The third kappa shape index (κ3) is 3.90. The van der Waals surface area contributed by atoms with Gasteiger partial charge in [-0.1, -0.05) is 15.9 Å². The zero-order chi connectivity index (χ0) is 18.0. The number of nitrogen functional groups attached to an aromatic ring is 1. The summed E-state index contributed by atoms with van der Waals surface area (Å²) >= 11 is 3.36. The largest absolute Gasteiger partial charge is 0.463 e. The summed E-state index contributed by atoms with van der Waals surface area (Å²) < 4.78 is 16.9. The number of carbonyl (C=O) groups excluding carboxylic acids is 2. The third-order valence-electron chi connectivity index (χ3n) is 3.30. The fourth-order valence-corrected chi connectivity index (χ4v) is 3.01. The summed E-state index contributed by atoms with van der Waals surface area (Å²) in [5.41, 5.74) is 5.20. The van der Waals surface area contributed by atoms with Gasteiger partial charge >= 0.3 is 17.6 Å². The molecule has 1 saturated heterocycles. The lowest BCUT2D eigenvalue weighted by molar-refractivity contribution is -0.155. The number of nitrogens with two attached hydrogens (primary N) is 1. The van der Waals surface area contributed by atoms with Crippen molar-refractivity contribution in [1.82, 2.24) is 14.8 Å². The summed E-state index contributed by atoms with van der Waals surface area (Å²) in [6, 6.07) is 0. The molecule has 132 valence electrons. The van der Waals surface area contributed by atoms with Crippen molar-refractivity contribution in [3.8, 4) is 0 Å². The number of hydrogen-bond donors (Lipinski definition) is 1. The first kappa shape index (κ1) is 18.3. The Kier molecular flexibility index (Phi) is 5.54. The molecular formula is C13H17BrN4O6. The molecule has 2 heterocycles. The highest BCUT2D eigenvalue weighted by molar-refractivity contribution is 9.09. The molecule has 0 radical (unpaired) electrons. The van der Waals surface area contributed by atoms with Crippen LogP contribution in [0.25, 0.3) is 0 Å². The highest BCUT2D eigenvalue weighted by Crippen LogP contribution is 2.35. The Morgan fingerprint density at radius 2 is 2.04 bits per heavy atom. The fourth-order valence-electron chi connectivity index (χ4n) is 2.21. The van der Waals surface area contributed by atoms with E-state index in [1.54, 1.807) is 6.92 Å². The maximum absolute atomic E-state index is 12.0. The molecule has 0 aliphatic carbocycles. The molecule has 2 rings (SSSR count). The summed E-state index contributed by atoms with van der Waals surface area (Å²) in [5, 5.41) is 4.06. The van der Waals surface area contributed by atoms with Crippen LogP contribution in [0.3, 0.4) is 0 Å². The molecule has 10 nitrogen and oxygen atoms in total. The zero-order valence-corrected chi connectivity index (χ0v) is 14.8. The lowest BCUT2D eigenvalue weighted by Crippen LogP contribution is -2.37. The number of alkyl halides is 1. The smallest absolute Gasteiger partial charge is 0.368 e. The van der Waals surface area contributed by atoms with Gasteiger partial charge in [0.25, 0.3) is 0 Å². The third-order valence-corrected chi connectivity index (χ3v) is 4.27. The van der Waals surface area contributed by atoms with Crippen molar-refractivity contribution >= 4 is 33.7 Å². The van der Waals surface area contributed by atoms with E-state index >= 15 is 0 Å². The van der Waals surface area contributed by atoms with Crippen LogP contribution in [-0.2, 0) is 23.8 Å². The topological polar surface area (TPSA) is 136 Å². The predicted molar refractivity (Wildman–Crippen MR) is 84.3 cm³/mol. The minimum atomic E-state index is -0.908. The quantitative estimate of drug-likeness (QED) is 0.528. The molecule has 1 aromatic rings. The standard InChI is InChI=1S/C13H17BrN4O6/c1-5-11(15)16-13(21)18(17-5)12-9(14)10(23-7(3)20)8(24-12)4-22-6(2)19/h8-10,12H,4H2,1-3H3,(H2,15,16,21)/t8-,9+,10-,12-/m1/s1. The SMILES string of the molecule is CC(=O)OC[C@H]1O[C@@H](n2nc(C)c(N)nc2=O)[C@@H](Br)[C@@H]1OC(C)=O. The van der Waals surface area contributed by atoms with Crippen molar-refractivity contribution in [2.45, 2.75) is 44.0 Å². The summed E-state index contributed by atoms with van der Waals surface area (Å²) in [5.74, 6) is -1.02. The van der Waals surface area contributed by atoms with Crippen LogP contribution in [0.5, 0.6) is 0 Å². The average molecular weight is 405 g/mol. The molecule has 4 atom stereocenters. The highest BCUT2D eigenvalue weighted by Gasteiger charge is 2.48. The summed E-state index contributed by atoms with van der Waals surface area (Å²) in [6.45, 7) is 3.95. The summed E-state index contributed by atoms with van der Waals surface area (Å²) in [4.78, 5) is 37.4. The number of esters is 2. The van der Waals surface area contributed by atoms with Crippen molar-refractivity contribution in [1.29, 1.82) is 0 Å². The van der Waals surface area contributed by atoms with E-state index in [-0.39, 0.29) is 12.4 Å². The predicted octanol–water partition coefficient (Wildman–Crippen LogP) is -0.315. The van der Waals surface area contributed by atoms with Crippen LogP contribution in [0.1, 0.15) is 25.8 Å². The normalized spacial score (nSPS) is 26.2. The maximum Gasteiger partial charge on any atom is 0.368 e. The lowest BCUT2D eigenvalue weighted by Gasteiger charge is -2.19. The molecule has 2 N–H and O–H groups in total. The minimum Gasteiger partial charge on any atom is -0.463 e. The van der Waals surface area contributed by atoms with Crippen molar-refractivity contribution in [3.63, 3.8) is 0 Å². The zero-order valence-electron chi connectivity index (χ0n) is 13.3. The van der Waals surface area contributed by atoms with Gasteiger partial charge in [0.15, 0.2) is 12.0 Å². The molecule has 0 spiro atoms. The second kappa shape index (κ2) is 7.26. The van der Waals surface area contributed by atoms with Crippen molar-refractivity contribution in [2.24, 2.45) is 0 Å². The Bertz CT molecular complexity index is 708. The molecule has 1 aliphatic rings. The summed E-state index contributed by atoms with van der Waals surface area (Å²) in [7, 11) is 0. The molecule has 0 amide bonds. The number of anilines is 1. The van der Waals surface area contributed by atoms with Gasteiger partial charge in [0, 0.05) is 13.8 Å². The van der Waals surface area contributed by atoms with Gasteiger partial charge in [-0.15, -0.1) is 0 Å². The van der Waals surface area contributed by atoms with Crippen LogP contribution < -0.4 is 11.4 Å². The second-order valence-electron chi connectivity index (χ2n) is 5.20. The van der Waals surface area contributed by atoms with E-state index in [2.05, 4.69) is 26.0 Å². The van der Waals surface area contributed by atoms with Gasteiger partial charge in [-0.05, 0) is 6.92 Å². The Morgan fingerprint density at radius 1 is 1.38 bits per heavy atom. The van der Waals surface area contributed by atoms with E-state index in [0.29, 0.717) is 5.69 Å². The Morgan fingerprint density at radius 3 is 2.62 bits per heavy atom. The van der Waals surface area contributed by atoms with Gasteiger partial charge in [-0.2, -0.15) is 14.8 Å². The Balaban J connectivity index is 2.31. The van der Waals surface area contributed by atoms with Crippen LogP contribution in [-0.4, -0.2) is 50.3 Å². The van der Waals surface area contributed by atoms with Gasteiger partial charge in [0.2, 0.25) is 0 Å². The monoisotopic (exact) mass is 404 g/mol. The Hall–Kier alpha value is -2.01. The number of rotatable bonds is 4. The maximum atomic E-state index is 12.0. The van der Waals surface area contributed by atoms with Crippen molar-refractivity contribution in [3.05, 3.63) is 16.2 Å². The molecular weight excluding hydrogens is 388 g/mol. The van der Waals surface area contributed by atoms with E-state index in [1.165, 1.54) is 13.8 Å². The summed E-state index contributed by atoms with van der Waals surface area (Å²) in [6.07, 6.45) is -2.45. The number of carbonyl (C=O) groups is 2. The first-order valence-corrected chi connectivity index (χ1v) is 7.95. The van der Waals surface area contributed by atoms with Crippen LogP contribution in [0.4, 0.5) is 5.82 Å². The minimum absolute atomic E-state index is 0.0216. The van der Waals surface area contributed by atoms with Gasteiger partial charge in [-0.3, -0.25) is 9.59 Å². The number of ether oxygens (including phenoxy) is 3. The number of hydrogen-bond acceptors (Lipinski definition) is 9. The van der Waals surface area contributed by atoms with Gasteiger partial charge in [0.1, 0.15) is 29.3 Å². The van der Waals surface area contributed by atoms with Crippen molar-refractivity contribution < 1.29 is 23.8 Å². The molecule has 11 heteroatoms. The van der Waals surface area contributed by atoms with Gasteiger partial charge < -0.3 is 19.9 Å². The van der Waals surface area contributed by atoms with Crippen LogP contribution in [0.15, 0.2) is 4.79 Å². The van der Waals surface area contributed by atoms with E-state index in [0.717, 1.165) is 4.68 Å². The lowest BCUT2D eigenvalue weighted by atomic mass is 10.2. The van der Waals surface area contributed by atoms with Crippen LogP contribution in [0, 0.1) is 6.92 Å². The van der Waals surface area contributed by atoms with Crippen molar-refractivity contribution in [2.75, 3.05) is 12.3 Å². The fraction of sp³-hybridized carbons (Fsp3) is 0.615. The number of halogens is 1. The molecule has 1 fully saturated rings. The van der Waals surface area contributed by atoms with E-state index < -0.39 is 40.9 Å². The van der Waals surface area contributed by atoms with Crippen LogP contribution in [0.2, 0.25) is 0 Å². The van der Waals surface area contributed by atoms with E-state index in [1.807, 2.05) is 0 Å². The molecule has 0 saturated carbocycles. The number of aromatic nitrogens is 3. The Labute approximate surface area is 145 Å². The average Bonchev–Trinajstić information content (AvgIpc) is 2.77. The molecule has 0 bridgehead atoms. The van der Waals surface area contributed by atoms with Crippen LogP contribution >= 0.6 is 15.9 Å². The molecule has 24 heavy (non-hydrogen) atoms. The first-order valence-electron chi connectivity index (χ1n) is 7.03. The molecule has 0 unspecified atom stereocenters. The van der Waals surface area contributed by atoms with E-state index in [9.17, 15) is 14.4 Å². The van der Waals surface area contributed by atoms with Gasteiger partial charge in [-0.25, -0.2) is 4.79 Å². The van der Waals surface area contributed by atoms with E-state index in [4.69, 9.17) is 19.9 Å². The highest BCUT2D eigenvalue weighted by atomic mass is 79.9. The molecule has 1 aliphatic heterocycles. The second-order valence-corrected chi connectivity index (χ2v) is 6.25. The first-order chi connectivity index (χ1) is 11.2. The number of aryl methyl sites for hydroxylation is 1.